The molecule has 2 saturated heterocycles. The van der Waals surface area contributed by atoms with Crippen molar-refractivity contribution in [2.45, 2.75) is 0 Å². The van der Waals surface area contributed by atoms with Crippen LogP contribution in [0.1, 0.15) is 10.4 Å². The van der Waals surface area contributed by atoms with Gasteiger partial charge in [0.15, 0.2) is 0 Å². The Bertz CT molecular complexity index is 685. The molecule has 2 amide bonds. The van der Waals surface area contributed by atoms with Crippen LogP contribution in [0.3, 0.4) is 0 Å². The Balaban J connectivity index is 1.58. The van der Waals surface area contributed by atoms with Crippen molar-refractivity contribution < 1.29 is 19.1 Å². The van der Waals surface area contributed by atoms with Gasteiger partial charge in [-0.3, -0.25) is 9.59 Å². The summed E-state index contributed by atoms with van der Waals surface area (Å²) in [6.45, 7) is 2.91. The van der Waals surface area contributed by atoms with Gasteiger partial charge in [-0.2, -0.15) is 0 Å². The van der Waals surface area contributed by atoms with Gasteiger partial charge in [0.2, 0.25) is 5.91 Å². The number of halogens is 2. The van der Waals surface area contributed by atoms with Crippen LogP contribution in [0.4, 0.5) is 0 Å². The predicted octanol–water partition coefficient (Wildman–Crippen LogP) is 1.84. The van der Waals surface area contributed by atoms with Crippen LogP contribution in [-0.2, 0) is 14.3 Å². The molecule has 0 radical (unpaired) electrons. The average molecular weight is 387 g/mol. The zero-order valence-corrected chi connectivity index (χ0v) is 15.4. The van der Waals surface area contributed by atoms with Gasteiger partial charge in [0, 0.05) is 36.6 Å². The monoisotopic (exact) mass is 386 g/mol. The molecule has 0 spiro atoms. The maximum Gasteiger partial charge on any atom is 0.253 e. The lowest BCUT2D eigenvalue weighted by Crippen LogP contribution is -2.41. The van der Waals surface area contributed by atoms with E-state index in [1.165, 1.54) is 6.07 Å². The van der Waals surface area contributed by atoms with Crippen molar-refractivity contribution >= 4 is 35.0 Å². The van der Waals surface area contributed by atoms with E-state index in [1.54, 1.807) is 24.1 Å². The van der Waals surface area contributed by atoms with Crippen molar-refractivity contribution in [3.8, 4) is 0 Å². The van der Waals surface area contributed by atoms with Crippen LogP contribution < -0.4 is 5.32 Å². The number of benzene rings is 1. The summed E-state index contributed by atoms with van der Waals surface area (Å²) in [5.41, 5.74) is 0.120. The number of hydrogen-bond acceptors (Lipinski definition) is 4. The number of carbonyl (C=O) groups is 2. The molecule has 1 aromatic carbocycles. The lowest BCUT2D eigenvalue weighted by Gasteiger charge is -2.26. The Labute approximate surface area is 156 Å². The van der Waals surface area contributed by atoms with E-state index in [1.807, 2.05) is 0 Å². The molecule has 1 N–H and O–H groups in total. The minimum atomic E-state index is -0.421. The summed E-state index contributed by atoms with van der Waals surface area (Å²) in [6.07, 6.45) is 0. The zero-order chi connectivity index (χ0) is 18.0. The number of ether oxygens (including phenoxy) is 2. The van der Waals surface area contributed by atoms with Gasteiger partial charge >= 0.3 is 0 Å². The molecule has 2 aliphatic rings. The Morgan fingerprint density at radius 3 is 3.00 bits per heavy atom. The standard InChI is InChI=1S/C17H20Cl2N2O4/c1-24-9-17-8-21(6-11(17)7-25-10-17)15(22)5-20-16(23)13-4-12(18)2-3-14(13)19/h2-4,11H,5-10H2,1H3,(H,20,23)/t11-,17-/m0/s1. The summed E-state index contributed by atoms with van der Waals surface area (Å²) in [5, 5.41) is 3.32. The van der Waals surface area contributed by atoms with Gasteiger partial charge in [-0.25, -0.2) is 0 Å². The highest BCUT2D eigenvalue weighted by molar-refractivity contribution is 6.35. The van der Waals surface area contributed by atoms with E-state index in [4.69, 9.17) is 32.7 Å². The molecule has 2 aliphatic heterocycles. The molecular formula is C17H20Cl2N2O4. The number of nitrogens with one attached hydrogen (secondary N) is 1. The summed E-state index contributed by atoms with van der Waals surface area (Å²) in [4.78, 5) is 26.5. The van der Waals surface area contributed by atoms with E-state index in [0.717, 1.165) is 0 Å². The highest BCUT2D eigenvalue weighted by Gasteiger charge is 2.51. The van der Waals surface area contributed by atoms with E-state index >= 15 is 0 Å². The van der Waals surface area contributed by atoms with Gasteiger partial charge in [-0.1, -0.05) is 23.2 Å². The third kappa shape index (κ3) is 3.77. The molecule has 2 heterocycles. The smallest absolute Gasteiger partial charge is 0.253 e. The van der Waals surface area contributed by atoms with E-state index in [9.17, 15) is 9.59 Å². The number of methoxy groups -OCH3 is 1. The molecule has 8 heteroatoms. The third-order valence-electron chi connectivity index (χ3n) is 4.88. The highest BCUT2D eigenvalue weighted by Crippen LogP contribution is 2.41. The largest absolute Gasteiger partial charge is 0.384 e. The molecule has 0 unspecified atom stereocenters. The van der Waals surface area contributed by atoms with Crippen LogP contribution in [-0.4, -0.2) is 63.3 Å². The fourth-order valence-electron chi connectivity index (χ4n) is 3.55. The first-order valence-electron chi connectivity index (χ1n) is 8.03. The molecule has 6 nitrogen and oxygen atoms in total. The van der Waals surface area contributed by atoms with E-state index in [2.05, 4.69) is 5.32 Å². The molecule has 0 saturated carbocycles. The minimum absolute atomic E-state index is 0.0850. The summed E-state index contributed by atoms with van der Waals surface area (Å²) in [5.74, 6) is -0.277. The van der Waals surface area contributed by atoms with Gasteiger partial charge in [0.25, 0.3) is 5.91 Å². The van der Waals surface area contributed by atoms with Crippen LogP contribution in [0, 0.1) is 11.3 Å². The van der Waals surface area contributed by atoms with Crippen molar-refractivity contribution in [2.24, 2.45) is 11.3 Å². The SMILES string of the molecule is COC[C@@]12COC[C@@H]1CN(C(=O)CNC(=O)c1cc(Cl)ccc1Cl)C2. The maximum absolute atomic E-state index is 12.5. The Kier molecular flexibility index (Phi) is 5.53. The summed E-state index contributed by atoms with van der Waals surface area (Å²) < 4.78 is 10.9. The second kappa shape index (κ2) is 7.50. The van der Waals surface area contributed by atoms with Gasteiger partial charge in [-0.05, 0) is 18.2 Å². The molecule has 136 valence electrons. The van der Waals surface area contributed by atoms with Crippen LogP contribution in [0.5, 0.6) is 0 Å². The molecule has 1 aromatic rings. The Morgan fingerprint density at radius 1 is 1.44 bits per heavy atom. The number of rotatable bonds is 5. The Hall–Kier alpha value is -1.34. The van der Waals surface area contributed by atoms with Gasteiger partial charge < -0.3 is 19.7 Å². The van der Waals surface area contributed by atoms with E-state index in [0.29, 0.717) is 43.0 Å². The summed E-state index contributed by atoms with van der Waals surface area (Å²) in [7, 11) is 1.66. The van der Waals surface area contributed by atoms with Crippen molar-refractivity contribution in [1.29, 1.82) is 0 Å². The first kappa shape index (κ1) is 18.5. The molecular weight excluding hydrogens is 367 g/mol. The number of nitrogens with zero attached hydrogens (tertiary/aromatic N) is 1. The molecule has 0 bridgehead atoms. The van der Waals surface area contributed by atoms with Crippen molar-refractivity contribution in [3.63, 3.8) is 0 Å². The van der Waals surface area contributed by atoms with Crippen molar-refractivity contribution in [1.82, 2.24) is 10.2 Å². The normalized spacial score (nSPS) is 25.1. The molecule has 0 aromatic heterocycles. The van der Waals surface area contributed by atoms with E-state index in [-0.39, 0.29) is 29.3 Å². The fourth-order valence-corrected chi connectivity index (χ4v) is 3.92. The van der Waals surface area contributed by atoms with Crippen molar-refractivity contribution in [3.05, 3.63) is 33.8 Å². The first-order chi connectivity index (χ1) is 11.9. The van der Waals surface area contributed by atoms with Gasteiger partial charge in [-0.15, -0.1) is 0 Å². The second-order valence-electron chi connectivity index (χ2n) is 6.59. The van der Waals surface area contributed by atoms with Crippen LogP contribution in [0.15, 0.2) is 18.2 Å². The lowest BCUT2D eigenvalue weighted by atomic mass is 9.82. The van der Waals surface area contributed by atoms with E-state index < -0.39 is 5.91 Å². The highest BCUT2D eigenvalue weighted by atomic mass is 35.5. The Morgan fingerprint density at radius 2 is 2.24 bits per heavy atom. The lowest BCUT2D eigenvalue weighted by molar-refractivity contribution is -0.130. The predicted molar refractivity (Wildman–Crippen MR) is 94.0 cm³/mol. The van der Waals surface area contributed by atoms with Crippen LogP contribution in [0.25, 0.3) is 0 Å². The quantitative estimate of drug-likeness (QED) is 0.838. The van der Waals surface area contributed by atoms with Crippen LogP contribution in [0.2, 0.25) is 10.0 Å². The summed E-state index contributed by atoms with van der Waals surface area (Å²) >= 11 is 11.9. The average Bonchev–Trinajstić information content (AvgIpc) is 3.11. The third-order valence-corrected chi connectivity index (χ3v) is 5.44. The number of fused-ring (bicyclic) bond motifs is 1. The topological polar surface area (TPSA) is 67.9 Å². The minimum Gasteiger partial charge on any atom is -0.384 e. The molecule has 3 rings (SSSR count). The number of carbonyl (C=O) groups excluding carboxylic acids is 2. The zero-order valence-electron chi connectivity index (χ0n) is 13.9. The van der Waals surface area contributed by atoms with Gasteiger partial charge in [0.05, 0.1) is 37.0 Å². The number of amides is 2. The molecule has 25 heavy (non-hydrogen) atoms. The number of hydrogen-bond donors (Lipinski definition) is 1. The first-order valence-corrected chi connectivity index (χ1v) is 8.78. The summed E-state index contributed by atoms with van der Waals surface area (Å²) in [6, 6.07) is 4.64. The molecule has 0 aliphatic carbocycles. The van der Waals surface area contributed by atoms with Crippen molar-refractivity contribution in [2.75, 3.05) is 46.6 Å². The number of likely N-dealkylation sites (tertiary alicyclic amines) is 1. The second-order valence-corrected chi connectivity index (χ2v) is 7.43. The van der Waals surface area contributed by atoms with Crippen LogP contribution >= 0.6 is 23.2 Å². The van der Waals surface area contributed by atoms with Gasteiger partial charge in [0.1, 0.15) is 0 Å². The molecule has 2 atom stereocenters. The maximum atomic E-state index is 12.5. The fraction of sp³-hybridized carbons (Fsp3) is 0.529. The molecule has 2 fully saturated rings.